The molecule has 10 nitrogen and oxygen atoms in total. The van der Waals surface area contributed by atoms with Gasteiger partial charge in [0, 0.05) is 12.1 Å². The van der Waals surface area contributed by atoms with E-state index in [0.29, 0.717) is 12.1 Å². The number of halogens is 4. The smallest absolute Gasteiger partial charge is 0.347 e. The molecule has 0 amide bonds. The number of hydrogen-bond donors (Lipinski definition) is 1. The topological polar surface area (TPSA) is 141 Å². The molecule has 14 heteroatoms. The van der Waals surface area contributed by atoms with E-state index in [-0.39, 0.29) is 12.1 Å². The number of nitro benzene ring substituents is 3. The van der Waals surface area contributed by atoms with Crippen molar-refractivity contribution in [3.63, 3.8) is 0 Å². The third-order valence-electron chi connectivity index (χ3n) is 3.24. The number of hydrogen-bond acceptors (Lipinski definition) is 7. The fraction of sp³-hybridized carbons (Fsp3) is 0.0769. The number of rotatable bonds is 5. The minimum absolute atomic E-state index is 0.0542. The quantitative estimate of drug-likeness (QED) is 0.455. The van der Waals surface area contributed by atoms with Crippen LogP contribution in [0.4, 0.5) is 46.0 Å². The SMILES string of the molecule is O=[N+]([O-])c1ccc(Nc2c([N+](=O)[O-])cc([N+](=O)[O-])cc2C(F)(F)F)c(F)c1. The molecule has 0 aromatic heterocycles. The number of benzene rings is 2. The van der Waals surface area contributed by atoms with Gasteiger partial charge in [-0.25, -0.2) is 4.39 Å². The van der Waals surface area contributed by atoms with Crippen molar-refractivity contribution >= 4 is 28.4 Å². The number of nitrogens with zero attached hydrogens (tertiary/aromatic N) is 3. The van der Waals surface area contributed by atoms with Gasteiger partial charge in [0.25, 0.3) is 17.1 Å². The third kappa shape index (κ3) is 4.05. The maximum atomic E-state index is 13.9. The zero-order valence-electron chi connectivity index (χ0n) is 12.7. The van der Waals surface area contributed by atoms with Crippen molar-refractivity contribution in [2.24, 2.45) is 0 Å². The normalized spacial score (nSPS) is 11.1. The summed E-state index contributed by atoms with van der Waals surface area (Å²) in [4.78, 5) is 28.9. The lowest BCUT2D eigenvalue weighted by molar-refractivity contribution is -0.394. The number of nitro groups is 3. The van der Waals surface area contributed by atoms with Gasteiger partial charge in [0.15, 0.2) is 5.82 Å². The van der Waals surface area contributed by atoms with Crippen LogP contribution in [0.15, 0.2) is 30.3 Å². The van der Waals surface area contributed by atoms with E-state index < -0.39 is 60.8 Å². The molecule has 0 unspecified atom stereocenters. The summed E-state index contributed by atoms with van der Waals surface area (Å²) in [6.07, 6.45) is -5.25. The van der Waals surface area contributed by atoms with Gasteiger partial charge in [0.05, 0.1) is 38.2 Å². The molecule has 0 heterocycles. The molecule has 27 heavy (non-hydrogen) atoms. The first-order valence-electron chi connectivity index (χ1n) is 6.66. The number of nitrogens with one attached hydrogen (secondary N) is 1. The van der Waals surface area contributed by atoms with Crippen molar-refractivity contribution in [1.82, 2.24) is 0 Å². The van der Waals surface area contributed by atoms with Crippen LogP contribution in [0, 0.1) is 36.2 Å². The molecular weight excluding hydrogens is 384 g/mol. The average Bonchev–Trinajstić information content (AvgIpc) is 2.54. The summed E-state index contributed by atoms with van der Waals surface area (Å²) in [5.41, 5.74) is -6.97. The fourth-order valence-electron chi connectivity index (χ4n) is 2.07. The van der Waals surface area contributed by atoms with Gasteiger partial charge >= 0.3 is 6.18 Å². The van der Waals surface area contributed by atoms with Crippen LogP contribution >= 0.6 is 0 Å². The monoisotopic (exact) mass is 390 g/mol. The Morgan fingerprint density at radius 2 is 1.44 bits per heavy atom. The van der Waals surface area contributed by atoms with Crippen molar-refractivity contribution < 1.29 is 32.3 Å². The van der Waals surface area contributed by atoms with E-state index in [2.05, 4.69) is 0 Å². The second-order valence-corrected chi connectivity index (χ2v) is 4.95. The van der Waals surface area contributed by atoms with Gasteiger partial charge in [0.1, 0.15) is 5.69 Å². The standard InChI is InChI=1S/C13H6F4N4O6/c14-9-4-6(19(22)23)1-2-10(9)18-12-8(13(15,16)17)3-7(20(24)25)5-11(12)21(26)27/h1-5,18H. The maximum absolute atomic E-state index is 13.9. The van der Waals surface area contributed by atoms with Gasteiger partial charge < -0.3 is 5.32 Å². The van der Waals surface area contributed by atoms with E-state index in [0.717, 1.165) is 6.07 Å². The van der Waals surface area contributed by atoms with Crippen LogP contribution in [0.25, 0.3) is 0 Å². The molecule has 0 saturated carbocycles. The highest BCUT2D eigenvalue weighted by Gasteiger charge is 2.40. The molecule has 142 valence electrons. The van der Waals surface area contributed by atoms with Gasteiger partial charge in [0.2, 0.25) is 0 Å². The highest BCUT2D eigenvalue weighted by Crippen LogP contribution is 2.44. The molecule has 0 bridgehead atoms. The fourth-order valence-corrected chi connectivity index (χ4v) is 2.07. The highest BCUT2D eigenvalue weighted by atomic mass is 19.4. The first-order chi connectivity index (χ1) is 12.4. The van der Waals surface area contributed by atoms with Crippen LogP contribution in [0.3, 0.4) is 0 Å². The molecule has 0 fully saturated rings. The highest BCUT2D eigenvalue weighted by molar-refractivity contribution is 5.76. The van der Waals surface area contributed by atoms with Gasteiger partial charge in [-0.3, -0.25) is 30.3 Å². The number of non-ortho nitro benzene ring substituents is 2. The lowest BCUT2D eigenvalue weighted by atomic mass is 10.1. The van der Waals surface area contributed by atoms with E-state index in [1.807, 2.05) is 5.32 Å². The molecule has 0 aliphatic heterocycles. The molecule has 2 aromatic rings. The van der Waals surface area contributed by atoms with E-state index in [1.54, 1.807) is 0 Å². The largest absolute Gasteiger partial charge is 0.418 e. The van der Waals surface area contributed by atoms with E-state index in [1.165, 1.54) is 0 Å². The van der Waals surface area contributed by atoms with E-state index in [9.17, 15) is 47.9 Å². The number of anilines is 2. The molecule has 2 aromatic carbocycles. The Hall–Kier alpha value is -3.84. The predicted molar refractivity (Wildman–Crippen MR) is 81.1 cm³/mol. The third-order valence-corrected chi connectivity index (χ3v) is 3.24. The van der Waals surface area contributed by atoms with Crippen molar-refractivity contribution in [2.75, 3.05) is 5.32 Å². The second-order valence-electron chi connectivity index (χ2n) is 4.95. The summed E-state index contributed by atoms with van der Waals surface area (Å²) < 4.78 is 53.7. The van der Waals surface area contributed by atoms with Crippen LogP contribution < -0.4 is 5.32 Å². The lowest BCUT2D eigenvalue weighted by Gasteiger charge is -2.15. The Kier molecular flexibility index (Phi) is 4.92. The van der Waals surface area contributed by atoms with E-state index in [4.69, 9.17) is 0 Å². The molecular formula is C13H6F4N4O6. The van der Waals surface area contributed by atoms with Crippen LogP contribution in [-0.4, -0.2) is 14.8 Å². The van der Waals surface area contributed by atoms with Gasteiger partial charge in [-0.15, -0.1) is 0 Å². The molecule has 0 aliphatic rings. The molecule has 2 rings (SSSR count). The van der Waals surface area contributed by atoms with Crippen LogP contribution in [0.5, 0.6) is 0 Å². The zero-order chi connectivity index (χ0) is 20.5. The Bertz CT molecular complexity index is 963. The molecule has 0 atom stereocenters. The Morgan fingerprint density at radius 3 is 1.89 bits per heavy atom. The van der Waals surface area contributed by atoms with Crippen molar-refractivity contribution in [3.05, 3.63) is 72.1 Å². The Labute approximate surface area is 145 Å². The molecule has 1 N–H and O–H groups in total. The first kappa shape index (κ1) is 19.5. The number of alkyl halides is 3. The van der Waals surface area contributed by atoms with Crippen LogP contribution in [-0.2, 0) is 6.18 Å². The predicted octanol–water partition coefficient (Wildman–Crippen LogP) is 4.31. The molecule has 0 saturated heterocycles. The molecule has 0 spiro atoms. The molecule has 0 aliphatic carbocycles. The van der Waals surface area contributed by atoms with Crippen LogP contribution in [0.2, 0.25) is 0 Å². The van der Waals surface area contributed by atoms with E-state index >= 15 is 0 Å². The summed E-state index contributed by atoms with van der Waals surface area (Å²) >= 11 is 0. The van der Waals surface area contributed by atoms with Gasteiger partial charge in [-0.05, 0) is 6.07 Å². The summed E-state index contributed by atoms with van der Waals surface area (Å²) in [5.74, 6) is -1.36. The maximum Gasteiger partial charge on any atom is 0.418 e. The Morgan fingerprint density at radius 1 is 0.852 bits per heavy atom. The molecule has 0 radical (unpaired) electrons. The Balaban J connectivity index is 2.69. The van der Waals surface area contributed by atoms with Crippen molar-refractivity contribution in [2.45, 2.75) is 6.18 Å². The second kappa shape index (κ2) is 6.81. The average molecular weight is 390 g/mol. The van der Waals surface area contributed by atoms with Crippen LogP contribution in [0.1, 0.15) is 5.56 Å². The minimum Gasteiger partial charge on any atom is -0.347 e. The lowest BCUT2D eigenvalue weighted by Crippen LogP contribution is -2.12. The first-order valence-corrected chi connectivity index (χ1v) is 6.66. The van der Waals surface area contributed by atoms with Gasteiger partial charge in [-0.1, -0.05) is 0 Å². The summed E-state index contributed by atoms with van der Waals surface area (Å²) in [7, 11) is 0. The summed E-state index contributed by atoms with van der Waals surface area (Å²) in [6.45, 7) is 0. The van der Waals surface area contributed by atoms with Crippen molar-refractivity contribution in [3.8, 4) is 0 Å². The zero-order valence-corrected chi connectivity index (χ0v) is 12.7. The summed E-state index contributed by atoms with van der Waals surface area (Å²) in [6, 6.07) is 2.20. The minimum atomic E-state index is -5.25. The van der Waals surface area contributed by atoms with Crippen molar-refractivity contribution in [1.29, 1.82) is 0 Å². The van der Waals surface area contributed by atoms with Gasteiger partial charge in [-0.2, -0.15) is 13.2 Å². The summed E-state index contributed by atoms with van der Waals surface area (Å²) in [5, 5.41) is 34.3.